The molecule has 0 radical (unpaired) electrons. The van der Waals surface area contributed by atoms with Gasteiger partial charge in [-0.2, -0.15) is 9.61 Å². The first-order valence-corrected chi connectivity index (χ1v) is 12.6. The Morgan fingerprint density at radius 1 is 1.00 bits per heavy atom. The third-order valence-corrected chi connectivity index (χ3v) is 7.21. The summed E-state index contributed by atoms with van der Waals surface area (Å²) < 4.78 is 29.9. The van der Waals surface area contributed by atoms with Crippen molar-refractivity contribution in [2.45, 2.75) is 4.90 Å². The average Bonchev–Trinajstić information content (AvgIpc) is 3.12. The number of hydrogen-bond acceptors (Lipinski definition) is 5. The fourth-order valence-electron chi connectivity index (χ4n) is 3.01. The van der Waals surface area contributed by atoms with E-state index in [-0.39, 0.29) is 28.0 Å². The molecule has 0 aliphatic heterocycles. The minimum absolute atomic E-state index is 0.00156. The number of anilines is 1. The number of halogens is 4. The zero-order valence-electron chi connectivity index (χ0n) is 16.2. The first-order valence-electron chi connectivity index (χ1n) is 9.23. The van der Waals surface area contributed by atoms with E-state index in [1.165, 1.54) is 18.2 Å². The number of rotatable bonds is 7. The normalized spacial score (nSPS) is 11.8. The van der Waals surface area contributed by atoms with Crippen LogP contribution in [0.5, 0.6) is 0 Å². The number of aromatic nitrogens is 3. The summed E-state index contributed by atoms with van der Waals surface area (Å²) in [5, 5.41) is 8.56. The van der Waals surface area contributed by atoms with E-state index in [9.17, 15) is 8.42 Å². The molecule has 0 aliphatic rings. The summed E-state index contributed by atoms with van der Waals surface area (Å²) in [7, 11) is -3.77. The van der Waals surface area contributed by atoms with Crippen LogP contribution in [-0.4, -0.2) is 36.1 Å². The molecule has 0 fully saturated rings. The largest absolute Gasteiger partial charge is 0.369 e. The predicted octanol–water partition coefficient (Wildman–Crippen LogP) is 5.51. The molecule has 0 spiro atoms. The third-order valence-electron chi connectivity index (χ3n) is 4.45. The van der Waals surface area contributed by atoms with Gasteiger partial charge in [0, 0.05) is 39.8 Å². The summed E-state index contributed by atoms with van der Waals surface area (Å²) in [5.41, 5.74) is 2.02. The summed E-state index contributed by atoms with van der Waals surface area (Å²) >= 11 is 21.6. The number of nitrogens with one attached hydrogen (secondary N) is 2. The Kier molecular flexibility index (Phi) is 6.94. The van der Waals surface area contributed by atoms with Crippen molar-refractivity contribution < 1.29 is 8.42 Å². The van der Waals surface area contributed by atoms with E-state index in [0.29, 0.717) is 26.7 Å². The third kappa shape index (κ3) is 5.03. The van der Waals surface area contributed by atoms with Crippen molar-refractivity contribution in [3.05, 3.63) is 74.3 Å². The van der Waals surface area contributed by atoms with Gasteiger partial charge in [0.15, 0.2) is 5.65 Å². The predicted molar refractivity (Wildman–Crippen MR) is 131 cm³/mol. The van der Waals surface area contributed by atoms with Gasteiger partial charge in [0.2, 0.25) is 10.0 Å². The number of nitrogens with zero attached hydrogens (tertiary/aromatic N) is 3. The molecular weight excluding hydrogens is 561 g/mol. The highest BCUT2D eigenvalue weighted by molar-refractivity contribution is 9.10. The van der Waals surface area contributed by atoms with Gasteiger partial charge >= 0.3 is 0 Å². The van der Waals surface area contributed by atoms with Gasteiger partial charge in [-0.15, -0.1) is 0 Å². The molecule has 0 bridgehead atoms. The van der Waals surface area contributed by atoms with Crippen LogP contribution in [0.1, 0.15) is 0 Å². The summed E-state index contributed by atoms with van der Waals surface area (Å²) in [6.45, 7) is 0.395. The average molecular weight is 576 g/mol. The number of hydrogen-bond donors (Lipinski definition) is 2. The van der Waals surface area contributed by atoms with Gasteiger partial charge in [-0.1, -0.05) is 53.0 Å². The Morgan fingerprint density at radius 3 is 2.44 bits per heavy atom. The van der Waals surface area contributed by atoms with Gasteiger partial charge in [-0.05, 0) is 40.2 Å². The fourth-order valence-corrected chi connectivity index (χ4v) is 5.35. The van der Waals surface area contributed by atoms with Crippen LogP contribution in [0.15, 0.2) is 64.1 Å². The molecule has 4 aromatic rings. The van der Waals surface area contributed by atoms with Crippen LogP contribution >= 0.6 is 50.7 Å². The second-order valence-corrected chi connectivity index (χ2v) is 10.6. The standard InChI is InChI=1S/C20H15BrCl3N5O2S/c21-16-11-26-29-19(10-18(28-20(16)29)15-3-1-2-4-17(15)24)25-5-6-27-32(30,31)14-8-12(22)7-13(23)9-14/h1-4,7-11,25,27H,5-6H2. The molecule has 0 aliphatic carbocycles. The Balaban J connectivity index is 1.54. The number of benzene rings is 2. The smallest absolute Gasteiger partial charge is 0.240 e. The molecule has 0 atom stereocenters. The molecule has 12 heteroatoms. The van der Waals surface area contributed by atoms with E-state index >= 15 is 0 Å². The molecular formula is C20H15BrCl3N5O2S. The van der Waals surface area contributed by atoms with E-state index < -0.39 is 10.0 Å². The molecule has 0 saturated heterocycles. The first-order chi connectivity index (χ1) is 15.2. The van der Waals surface area contributed by atoms with Gasteiger partial charge in [-0.3, -0.25) is 0 Å². The molecule has 32 heavy (non-hydrogen) atoms. The minimum atomic E-state index is -3.77. The summed E-state index contributed by atoms with van der Waals surface area (Å²) in [6.07, 6.45) is 1.63. The van der Waals surface area contributed by atoms with Gasteiger partial charge < -0.3 is 5.32 Å². The fraction of sp³-hybridized carbons (Fsp3) is 0.100. The van der Waals surface area contributed by atoms with Crippen LogP contribution in [0.4, 0.5) is 5.82 Å². The van der Waals surface area contributed by atoms with Crippen molar-refractivity contribution in [1.82, 2.24) is 19.3 Å². The van der Waals surface area contributed by atoms with Crippen LogP contribution in [0.25, 0.3) is 16.9 Å². The molecule has 166 valence electrons. The number of fused-ring (bicyclic) bond motifs is 1. The zero-order valence-corrected chi connectivity index (χ0v) is 20.9. The second kappa shape index (κ2) is 9.54. The molecule has 2 N–H and O–H groups in total. The molecule has 4 rings (SSSR count). The molecule has 0 unspecified atom stereocenters. The Bertz CT molecular complexity index is 1390. The van der Waals surface area contributed by atoms with Gasteiger partial charge in [-0.25, -0.2) is 18.1 Å². The quantitative estimate of drug-likeness (QED) is 0.284. The van der Waals surface area contributed by atoms with Crippen LogP contribution in [0, 0.1) is 0 Å². The van der Waals surface area contributed by atoms with Crippen LogP contribution in [-0.2, 0) is 10.0 Å². The van der Waals surface area contributed by atoms with Crippen molar-refractivity contribution in [1.29, 1.82) is 0 Å². The molecule has 2 heterocycles. The first kappa shape index (κ1) is 23.3. The van der Waals surface area contributed by atoms with Crippen molar-refractivity contribution in [3.8, 4) is 11.3 Å². The lowest BCUT2D eigenvalue weighted by atomic mass is 10.1. The van der Waals surface area contributed by atoms with E-state index in [1.807, 2.05) is 18.2 Å². The van der Waals surface area contributed by atoms with Crippen molar-refractivity contribution in [2.24, 2.45) is 0 Å². The van der Waals surface area contributed by atoms with E-state index in [2.05, 4.69) is 36.1 Å². The van der Waals surface area contributed by atoms with E-state index in [4.69, 9.17) is 34.8 Å². The zero-order chi connectivity index (χ0) is 22.9. The molecule has 0 saturated carbocycles. The van der Waals surface area contributed by atoms with Crippen LogP contribution in [0.2, 0.25) is 15.1 Å². The summed E-state index contributed by atoms with van der Waals surface area (Å²) in [4.78, 5) is 4.64. The lowest BCUT2D eigenvalue weighted by molar-refractivity contribution is 0.583. The van der Waals surface area contributed by atoms with Crippen molar-refractivity contribution >= 4 is 72.2 Å². The monoisotopic (exact) mass is 573 g/mol. The Labute approximate surface area is 207 Å². The lowest BCUT2D eigenvalue weighted by Gasteiger charge is -2.12. The van der Waals surface area contributed by atoms with Gasteiger partial charge in [0.1, 0.15) is 5.82 Å². The summed E-state index contributed by atoms with van der Waals surface area (Å²) in [5.74, 6) is 0.626. The maximum absolute atomic E-state index is 12.5. The highest BCUT2D eigenvalue weighted by atomic mass is 79.9. The summed E-state index contributed by atoms with van der Waals surface area (Å²) in [6, 6.07) is 13.3. The molecule has 0 amide bonds. The topological polar surface area (TPSA) is 88.4 Å². The molecule has 7 nitrogen and oxygen atoms in total. The highest BCUT2D eigenvalue weighted by Crippen LogP contribution is 2.30. The second-order valence-electron chi connectivity index (χ2n) is 6.66. The SMILES string of the molecule is O=S(=O)(NCCNc1cc(-c2ccccc2Cl)nc2c(Br)cnn12)c1cc(Cl)cc(Cl)c1. The molecule has 2 aromatic heterocycles. The van der Waals surface area contributed by atoms with Gasteiger partial charge in [0.05, 0.1) is 21.3 Å². The van der Waals surface area contributed by atoms with Crippen LogP contribution < -0.4 is 10.0 Å². The van der Waals surface area contributed by atoms with Gasteiger partial charge in [0.25, 0.3) is 0 Å². The number of sulfonamides is 1. The maximum atomic E-state index is 12.5. The molecule has 2 aromatic carbocycles. The highest BCUT2D eigenvalue weighted by Gasteiger charge is 2.16. The van der Waals surface area contributed by atoms with Crippen molar-refractivity contribution in [2.75, 3.05) is 18.4 Å². The maximum Gasteiger partial charge on any atom is 0.240 e. The lowest BCUT2D eigenvalue weighted by Crippen LogP contribution is -2.29. The van der Waals surface area contributed by atoms with E-state index in [0.717, 1.165) is 5.56 Å². The van der Waals surface area contributed by atoms with Crippen molar-refractivity contribution in [3.63, 3.8) is 0 Å². The van der Waals surface area contributed by atoms with E-state index in [1.54, 1.807) is 22.8 Å². The Morgan fingerprint density at radius 2 is 1.72 bits per heavy atom. The van der Waals surface area contributed by atoms with Crippen LogP contribution in [0.3, 0.4) is 0 Å². The minimum Gasteiger partial charge on any atom is -0.369 e. The Hall–Kier alpha value is -1.88.